The Balaban J connectivity index is 4.27. The van der Waals surface area contributed by atoms with Crippen LogP contribution in [0.25, 0.3) is 0 Å². The van der Waals surface area contributed by atoms with Crippen LogP contribution in [-0.4, -0.2) is 11.1 Å². The summed E-state index contributed by atoms with van der Waals surface area (Å²) in [4.78, 5) is 11.0. The number of allylic oxidation sites excluding steroid dienone is 5. The molecule has 0 aliphatic rings. The third-order valence-electron chi connectivity index (χ3n) is 3.23. The van der Waals surface area contributed by atoms with E-state index in [0.717, 1.165) is 31.3 Å². The van der Waals surface area contributed by atoms with Crippen molar-refractivity contribution in [3.63, 3.8) is 0 Å². The largest absolute Gasteiger partial charge is 0.478 e. The Morgan fingerprint density at radius 3 is 2.05 bits per heavy atom. The molecule has 2 heteroatoms. The molecule has 1 N–H and O–H groups in total. The third-order valence-corrected chi connectivity index (χ3v) is 3.23. The smallest absolute Gasteiger partial charge is 0.331 e. The summed E-state index contributed by atoms with van der Waals surface area (Å²) in [6.45, 7) is 10.2. The lowest BCUT2D eigenvalue weighted by Gasteiger charge is -2.05. The van der Waals surface area contributed by atoms with Crippen molar-refractivity contribution in [2.75, 3.05) is 0 Å². The van der Waals surface area contributed by atoms with Crippen LogP contribution in [0.4, 0.5) is 0 Å². The number of carboxylic acids is 1. The zero-order chi connectivity index (χ0) is 14.8. The predicted molar refractivity (Wildman–Crippen MR) is 82.3 cm³/mol. The molecule has 0 heterocycles. The van der Waals surface area contributed by atoms with E-state index in [1.807, 2.05) is 13.8 Å². The van der Waals surface area contributed by atoms with Crippen molar-refractivity contribution < 1.29 is 9.90 Å². The average Bonchev–Trinajstić information content (AvgIpc) is 2.28. The molecule has 0 aromatic heterocycles. The maximum absolute atomic E-state index is 11.0. The van der Waals surface area contributed by atoms with Crippen LogP contribution >= 0.6 is 0 Å². The molecule has 0 radical (unpaired) electrons. The van der Waals surface area contributed by atoms with Crippen LogP contribution in [0.15, 0.2) is 34.4 Å². The van der Waals surface area contributed by atoms with E-state index < -0.39 is 5.97 Å². The van der Waals surface area contributed by atoms with Gasteiger partial charge < -0.3 is 5.11 Å². The zero-order valence-electron chi connectivity index (χ0n) is 13.0. The summed E-state index contributed by atoms with van der Waals surface area (Å²) in [6.07, 6.45) is 9.05. The van der Waals surface area contributed by atoms with Crippen LogP contribution in [0, 0.1) is 0 Å². The van der Waals surface area contributed by atoms with Gasteiger partial charge in [0, 0.05) is 5.57 Å². The van der Waals surface area contributed by atoms with E-state index in [1.54, 1.807) is 0 Å². The topological polar surface area (TPSA) is 37.3 Å². The fourth-order valence-electron chi connectivity index (χ4n) is 2.01. The Bertz CT molecular complexity index is 380. The summed E-state index contributed by atoms with van der Waals surface area (Å²) in [6, 6.07) is 0. The first-order valence-electron chi connectivity index (χ1n) is 7.09. The summed E-state index contributed by atoms with van der Waals surface area (Å²) in [5.41, 5.74) is 4.32. The molecule has 0 aliphatic carbocycles. The molecule has 0 aliphatic heterocycles. The van der Waals surface area contributed by atoms with E-state index in [4.69, 9.17) is 5.11 Å². The number of hydrogen-bond donors (Lipinski definition) is 1. The second kappa shape index (κ2) is 9.60. The molecule has 0 aromatic rings. The Morgan fingerprint density at radius 1 is 1.00 bits per heavy atom. The van der Waals surface area contributed by atoms with Gasteiger partial charge in [0.15, 0.2) is 0 Å². The summed E-state index contributed by atoms with van der Waals surface area (Å²) in [5.74, 6) is -0.774. The van der Waals surface area contributed by atoms with Gasteiger partial charge in [-0.1, -0.05) is 35.8 Å². The van der Waals surface area contributed by atoms with Gasteiger partial charge in [0.05, 0.1) is 0 Å². The van der Waals surface area contributed by atoms with Crippen LogP contribution in [-0.2, 0) is 4.79 Å². The number of aliphatic carboxylic acids is 1. The third kappa shape index (κ3) is 8.41. The summed E-state index contributed by atoms with van der Waals surface area (Å²) >= 11 is 0. The van der Waals surface area contributed by atoms with Crippen LogP contribution in [0.2, 0.25) is 0 Å². The lowest BCUT2D eigenvalue weighted by Crippen LogP contribution is -2.02. The lowest BCUT2D eigenvalue weighted by molar-refractivity contribution is -0.132. The maximum Gasteiger partial charge on any atom is 0.331 e. The molecule has 0 saturated heterocycles. The van der Waals surface area contributed by atoms with Crippen LogP contribution in [0.1, 0.15) is 66.7 Å². The number of carboxylic acid groups (broad SMARTS) is 1. The second-order valence-electron chi connectivity index (χ2n) is 5.33. The van der Waals surface area contributed by atoms with Gasteiger partial charge in [-0.05, 0) is 59.8 Å². The van der Waals surface area contributed by atoms with Gasteiger partial charge in [-0.3, -0.25) is 0 Å². The zero-order valence-corrected chi connectivity index (χ0v) is 13.0. The van der Waals surface area contributed by atoms with E-state index in [9.17, 15) is 4.79 Å². The fourth-order valence-corrected chi connectivity index (χ4v) is 2.01. The molecule has 0 unspecified atom stereocenters. The molecule has 0 bridgehead atoms. The molecule has 2 nitrogen and oxygen atoms in total. The van der Waals surface area contributed by atoms with Gasteiger partial charge in [0.2, 0.25) is 0 Å². The summed E-state index contributed by atoms with van der Waals surface area (Å²) in [5, 5.41) is 9.04. The molecule has 0 spiro atoms. The lowest BCUT2D eigenvalue weighted by atomic mass is 10.0. The fraction of sp³-hybridized carbons (Fsp3) is 0.588. The standard InChI is InChI=1S/C17H28O2/c1-6-16(17(18)19)15(5)12-8-11-14(4)10-7-9-13(2)3/h9,11H,6-8,10,12H2,1-5H3,(H,18,19). The van der Waals surface area contributed by atoms with Gasteiger partial charge in [0.1, 0.15) is 0 Å². The van der Waals surface area contributed by atoms with Crippen molar-refractivity contribution in [1.29, 1.82) is 0 Å². The van der Waals surface area contributed by atoms with E-state index in [0.29, 0.717) is 12.0 Å². The Labute approximate surface area is 117 Å². The molecular weight excluding hydrogens is 236 g/mol. The second-order valence-corrected chi connectivity index (χ2v) is 5.33. The van der Waals surface area contributed by atoms with E-state index in [-0.39, 0.29) is 0 Å². The van der Waals surface area contributed by atoms with Crippen molar-refractivity contribution in [2.45, 2.75) is 66.7 Å². The average molecular weight is 264 g/mol. The molecule has 19 heavy (non-hydrogen) atoms. The minimum Gasteiger partial charge on any atom is -0.478 e. The quantitative estimate of drug-likeness (QED) is 0.479. The van der Waals surface area contributed by atoms with Crippen molar-refractivity contribution in [3.8, 4) is 0 Å². The van der Waals surface area contributed by atoms with E-state index in [1.165, 1.54) is 11.1 Å². The normalized spacial score (nSPS) is 13.0. The summed E-state index contributed by atoms with van der Waals surface area (Å²) < 4.78 is 0. The highest BCUT2D eigenvalue weighted by Crippen LogP contribution is 2.16. The molecule has 0 atom stereocenters. The predicted octanol–water partition coefficient (Wildman–Crippen LogP) is 5.27. The minimum absolute atomic E-state index is 0.565. The van der Waals surface area contributed by atoms with Gasteiger partial charge in [0.25, 0.3) is 0 Å². The SMILES string of the molecule is CCC(C(=O)O)=C(C)CCC=C(C)CCC=C(C)C. The van der Waals surface area contributed by atoms with E-state index >= 15 is 0 Å². The Kier molecular flexibility index (Phi) is 8.94. The molecule has 0 saturated carbocycles. The Morgan fingerprint density at radius 2 is 1.58 bits per heavy atom. The summed E-state index contributed by atoms with van der Waals surface area (Å²) in [7, 11) is 0. The number of rotatable bonds is 8. The first-order valence-corrected chi connectivity index (χ1v) is 7.09. The highest BCUT2D eigenvalue weighted by Gasteiger charge is 2.07. The Hall–Kier alpha value is -1.31. The first kappa shape index (κ1) is 17.7. The monoisotopic (exact) mass is 264 g/mol. The number of hydrogen-bond acceptors (Lipinski definition) is 1. The molecule has 108 valence electrons. The maximum atomic E-state index is 11.0. The minimum atomic E-state index is -0.774. The van der Waals surface area contributed by atoms with Gasteiger partial charge in [-0.25, -0.2) is 4.79 Å². The van der Waals surface area contributed by atoms with Crippen LogP contribution < -0.4 is 0 Å². The van der Waals surface area contributed by atoms with Crippen molar-refractivity contribution in [3.05, 3.63) is 34.4 Å². The number of carbonyl (C=O) groups is 1. The molecular formula is C17H28O2. The molecule has 0 rings (SSSR count). The van der Waals surface area contributed by atoms with Gasteiger partial charge >= 0.3 is 5.97 Å². The molecule has 0 aromatic carbocycles. The van der Waals surface area contributed by atoms with Crippen molar-refractivity contribution in [1.82, 2.24) is 0 Å². The van der Waals surface area contributed by atoms with E-state index in [2.05, 4.69) is 32.9 Å². The van der Waals surface area contributed by atoms with Crippen LogP contribution in [0.5, 0.6) is 0 Å². The molecule has 0 fully saturated rings. The highest BCUT2D eigenvalue weighted by molar-refractivity contribution is 5.87. The van der Waals surface area contributed by atoms with Crippen molar-refractivity contribution in [2.24, 2.45) is 0 Å². The highest BCUT2D eigenvalue weighted by atomic mass is 16.4. The molecule has 0 amide bonds. The van der Waals surface area contributed by atoms with Gasteiger partial charge in [-0.2, -0.15) is 0 Å². The van der Waals surface area contributed by atoms with Crippen LogP contribution in [0.3, 0.4) is 0 Å². The first-order chi connectivity index (χ1) is 8.88. The van der Waals surface area contributed by atoms with Gasteiger partial charge in [-0.15, -0.1) is 0 Å². The van der Waals surface area contributed by atoms with Crippen molar-refractivity contribution >= 4 is 5.97 Å².